The lowest BCUT2D eigenvalue weighted by Crippen LogP contribution is -2.22. The Bertz CT molecular complexity index is 356. The van der Waals surface area contributed by atoms with Crippen LogP contribution in [-0.2, 0) is 4.74 Å². The van der Waals surface area contributed by atoms with Gasteiger partial charge in [0, 0.05) is 25.9 Å². The fourth-order valence-electron chi connectivity index (χ4n) is 1.87. The Labute approximate surface area is 88.6 Å². The molecular formula is C11H15FN2O. The first-order valence-electron chi connectivity index (χ1n) is 5.03. The summed E-state index contributed by atoms with van der Waals surface area (Å²) in [5.41, 5.74) is 6.49. The molecule has 15 heavy (non-hydrogen) atoms. The predicted octanol–water partition coefficient (Wildman–Crippen LogP) is 1.63. The highest BCUT2D eigenvalue weighted by atomic mass is 19.1. The minimum Gasteiger partial charge on any atom is -0.396 e. The lowest BCUT2D eigenvalue weighted by atomic mass is 10.2. The van der Waals surface area contributed by atoms with Crippen molar-refractivity contribution in [1.82, 2.24) is 0 Å². The zero-order chi connectivity index (χ0) is 10.8. The van der Waals surface area contributed by atoms with Gasteiger partial charge in [-0.25, -0.2) is 4.39 Å². The second kappa shape index (κ2) is 4.06. The van der Waals surface area contributed by atoms with Crippen molar-refractivity contribution in [3.05, 3.63) is 24.0 Å². The molecule has 2 rings (SSSR count). The number of nitrogen functional groups attached to an aromatic ring is 1. The minimum absolute atomic E-state index is 0.196. The van der Waals surface area contributed by atoms with Crippen molar-refractivity contribution >= 4 is 11.4 Å². The molecule has 0 radical (unpaired) electrons. The molecule has 4 heteroatoms. The number of methoxy groups -OCH3 is 1. The van der Waals surface area contributed by atoms with Crippen molar-refractivity contribution in [3.8, 4) is 0 Å². The first-order chi connectivity index (χ1) is 7.20. The zero-order valence-corrected chi connectivity index (χ0v) is 8.74. The van der Waals surface area contributed by atoms with Gasteiger partial charge in [0.1, 0.15) is 5.82 Å². The van der Waals surface area contributed by atoms with E-state index in [1.165, 1.54) is 6.07 Å². The quantitative estimate of drug-likeness (QED) is 0.754. The van der Waals surface area contributed by atoms with Crippen molar-refractivity contribution in [1.29, 1.82) is 0 Å². The second-order valence-electron chi connectivity index (χ2n) is 3.80. The van der Waals surface area contributed by atoms with Crippen LogP contribution in [0.2, 0.25) is 0 Å². The summed E-state index contributed by atoms with van der Waals surface area (Å²) >= 11 is 0. The van der Waals surface area contributed by atoms with Gasteiger partial charge in [0.25, 0.3) is 0 Å². The third kappa shape index (κ3) is 2.04. The molecule has 0 amide bonds. The van der Waals surface area contributed by atoms with Crippen LogP contribution in [0.25, 0.3) is 0 Å². The first-order valence-corrected chi connectivity index (χ1v) is 5.03. The Hall–Kier alpha value is -1.29. The molecule has 1 unspecified atom stereocenters. The maximum absolute atomic E-state index is 13.2. The van der Waals surface area contributed by atoms with Gasteiger partial charge >= 0.3 is 0 Å². The molecule has 1 aliphatic rings. The number of hydrogen-bond acceptors (Lipinski definition) is 3. The smallest absolute Gasteiger partial charge is 0.148 e. The topological polar surface area (TPSA) is 38.5 Å². The van der Waals surface area contributed by atoms with E-state index >= 15 is 0 Å². The van der Waals surface area contributed by atoms with Crippen molar-refractivity contribution in [3.63, 3.8) is 0 Å². The number of halogens is 1. The third-order valence-corrected chi connectivity index (χ3v) is 2.83. The number of anilines is 2. The van der Waals surface area contributed by atoms with Gasteiger partial charge in [-0.1, -0.05) is 0 Å². The molecule has 0 bridgehead atoms. The van der Waals surface area contributed by atoms with Gasteiger partial charge in [0.05, 0.1) is 11.8 Å². The van der Waals surface area contributed by atoms with Crippen LogP contribution in [0.4, 0.5) is 15.8 Å². The van der Waals surface area contributed by atoms with Crippen LogP contribution in [0, 0.1) is 5.82 Å². The summed E-state index contributed by atoms with van der Waals surface area (Å²) < 4.78 is 18.5. The Morgan fingerprint density at radius 3 is 2.93 bits per heavy atom. The molecule has 0 saturated carbocycles. The molecule has 2 N–H and O–H groups in total. The van der Waals surface area contributed by atoms with Crippen LogP contribution in [0.15, 0.2) is 18.2 Å². The third-order valence-electron chi connectivity index (χ3n) is 2.83. The molecule has 1 aromatic carbocycles. The van der Waals surface area contributed by atoms with E-state index in [1.807, 2.05) is 6.07 Å². The fourth-order valence-corrected chi connectivity index (χ4v) is 1.87. The van der Waals surface area contributed by atoms with Crippen LogP contribution in [0.5, 0.6) is 0 Å². The molecule has 1 atom stereocenters. The molecule has 1 aromatic rings. The summed E-state index contributed by atoms with van der Waals surface area (Å²) in [6.45, 7) is 1.72. The molecule has 1 aliphatic heterocycles. The largest absolute Gasteiger partial charge is 0.396 e. The maximum Gasteiger partial charge on any atom is 0.148 e. The van der Waals surface area contributed by atoms with Gasteiger partial charge in [0.2, 0.25) is 0 Å². The molecule has 1 heterocycles. The average molecular weight is 210 g/mol. The lowest BCUT2D eigenvalue weighted by molar-refractivity contribution is 0.121. The second-order valence-corrected chi connectivity index (χ2v) is 3.80. The van der Waals surface area contributed by atoms with E-state index in [1.54, 1.807) is 13.2 Å². The van der Waals surface area contributed by atoms with Crippen molar-refractivity contribution < 1.29 is 9.13 Å². The fraction of sp³-hybridized carbons (Fsp3) is 0.455. The van der Waals surface area contributed by atoms with Gasteiger partial charge in [-0.2, -0.15) is 0 Å². The van der Waals surface area contributed by atoms with Gasteiger partial charge in [-0.15, -0.1) is 0 Å². The van der Waals surface area contributed by atoms with E-state index in [0.717, 1.165) is 25.2 Å². The summed E-state index contributed by atoms with van der Waals surface area (Å²) in [7, 11) is 1.71. The molecule has 0 aromatic heterocycles. The van der Waals surface area contributed by atoms with E-state index in [4.69, 9.17) is 10.5 Å². The van der Waals surface area contributed by atoms with Crippen LogP contribution >= 0.6 is 0 Å². The van der Waals surface area contributed by atoms with E-state index in [2.05, 4.69) is 4.90 Å². The Balaban J connectivity index is 2.13. The SMILES string of the molecule is COC1CCN(c2ccc(N)c(F)c2)C1. The Kier molecular flexibility index (Phi) is 2.77. The highest BCUT2D eigenvalue weighted by Gasteiger charge is 2.22. The monoisotopic (exact) mass is 210 g/mol. The Morgan fingerprint density at radius 2 is 2.33 bits per heavy atom. The molecule has 3 nitrogen and oxygen atoms in total. The average Bonchev–Trinajstić information content (AvgIpc) is 2.70. The standard InChI is InChI=1S/C11H15FN2O/c1-15-9-4-5-14(7-9)8-2-3-11(13)10(12)6-8/h2-3,6,9H,4-5,7,13H2,1H3. The summed E-state index contributed by atoms with van der Waals surface area (Å²) in [6, 6.07) is 4.93. The summed E-state index contributed by atoms with van der Waals surface area (Å²) in [5.74, 6) is -0.353. The number of benzene rings is 1. The number of nitrogens with two attached hydrogens (primary N) is 1. The normalized spacial score (nSPS) is 20.9. The van der Waals surface area contributed by atoms with Crippen LogP contribution in [0.1, 0.15) is 6.42 Å². The summed E-state index contributed by atoms with van der Waals surface area (Å²) in [4.78, 5) is 2.11. The highest BCUT2D eigenvalue weighted by Crippen LogP contribution is 2.24. The number of rotatable bonds is 2. The molecule has 1 saturated heterocycles. The van der Waals surface area contributed by atoms with Gasteiger partial charge in [0.15, 0.2) is 0 Å². The lowest BCUT2D eigenvalue weighted by Gasteiger charge is -2.18. The summed E-state index contributed by atoms with van der Waals surface area (Å²) in [6.07, 6.45) is 1.24. The predicted molar refractivity (Wildman–Crippen MR) is 58.4 cm³/mol. The molecule has 0 aliphatic carbocycles. The first kappa shape index (κ1) is 10.2. The van der Waals surface area contributed by atoms with E-state index in [-0.39, 0.29) is 17.6 Å². The van der Waals surface area contributed by atoms with Crippen molar-refractivity contribution in [2.75, 3.05) is 30.8 Å². The van der Waals surface area contributed by atoms with E-state index in [0.29, 0.717) is 0 Å². The zero-order valence-electron chi connectivity index (χ0n) is 8.74. The Morgan fingerprint density at radius 1 is 1.53 bits per heavy atom. The van der Waals surface area contributed by atoms with Gasteiger partial charge in [-0.05, 0) is 24.6 Å². The van der Waals surface area contributed by atoms with Crippen molar-refractivity contribution in [2.24, 2.45) is 0 Å². The van der Waals surface area contributed by atoms with Crippen LogP contribution in [0.3, 0.4) is 0 Å². The highest BCUT2D eigenvalue weighted by molar-refractivity contribution is 5.54. The maximum atomic E-state index is 13.2. The van der Waals surface area contributed by atoms with E-state index in [9.17, 15) is 4.39 Å². The molecule has 0 spiro atoms. The van der Waals surface area contributed by atoms with Crippen LogP contribution in [-0.4, -0.2) is 26.3 Å². The summed E-state index contributed by atoms with van der Waals surface area (Å²) in [5, 5.41) is 0. The number of hydrogen-bond donors (Lipinski definition) is 1. The van der Waals surface area contributed by atoms with Crippen molar-refractivity contribution in [2.45, 2.75) is 12.5 Å². The van der Waals surface area contributed by atoms with E-state index < -0.39 is 0 Å². The van der Waals surface area contributed by atoms with Gasteiger partial charge < -0.3 is 15.4 Å². The van der Waals surface area contributed by atoms with Gasteiger partial charge in [-0.3, -0.25) is 0 Å². The molecule has 82 valence electrons. The van der Waals surface area contributed by atoms with Crippen LogP contribution < -0.4 is 10.6 Å². The number of nitrogens with zero attached hydrogens (tertiary/aromatic N) is 1. The molecular weight excluding hydrogens is 195 g/mol. The molecule has 1 fully saturated rings. The number of ether oxygens (including phenoxy) is 1. The minimum atomic E-state index is -0.353.